The standard InChI is InChI=1S/C18H22N.Al/c1-15-8-11-19(12-9-15)13-10-16-6-7-17-4-2-3-5-18(17)14-16;/h2-7,14-15H,1,8-13H2;. The zero-order chi connectivity index (χ0) is 13.8. The molecular weight excluding hydrogens is 257 g/mol. The summed E-state index contributed by atoms with van der Waals surface area (Å²) in [5, 5.41) is 3.99. The maximum Gasteiger partial charge on any atom is 0.118 e. The average molecular weight is 279 g/mol. The molecule has 0 N–H and O–H groups in total. The molecule has 0 atom stereocenters. The second-order valence-corrected chi connectivity index (χ2v) is 6.42. The van der Waals surface area contributed by atoms with E-state index in [9.17, 15) is 0 Å². The van der Waals surface area contributed by atoms with Crippen LogP contribution >= 0.6 is 0 Å². The molecule has 2 aromatic carbocycles. The van der Waals surface area contributed by atoms with E-state index in [-0.39, 0.29) is 0 Å². The normalized spacial score (nSPS) is 17.6. The first kappa shape index (κ1) is 14.1. The molecular formula is C18H22AlN. The summed E-state index contributed by atoms with van der Waals surface area (Å²) in [4.78, 5) is 2.63. The highest BCUT2D eigenvalue weighted by Crippen LogP contribution is 2.20. The van der Waals surface area contributed by atoms with Gasteiger partial charge in [-0.2, -0.15) is 0 Å². The van der Waals surface area contributed by atoms with Gasteiger partial charge in [0.25, 0.3) is 0 Å². The van der Waals surface area contributed by atoms with Crippen molar-refractivity contribution in [2.24, 2.45) is 5.92 Å². The van der Waals surface area contributed by atoms with E-state index in [1.807, 2.05) is 0 Å². The molecule has 0 saturated carbocycles. The molecule has 102 valence electrons. The van der Waals surface area contributed by atoms with Crippen LogP contribution in [0.3, 0.4) is 0 Å². The Labute approximate surface area is 130 Å². The fourth-order valence-corrected chi connectivity index (χ4v) is 3.60. The number of benzene rings is 2. The molecule has 20 heavy (non-hydrogen) atoms. The molecule has 0 spiro atoms. The van der Waals surface area contributed by atoms with Crippen LogP contribution in [0.5, 0.6) is 0 Å². The third kappa shape index (κ3) is 3.44. The molecule has 0 unspecified atom stereocenters. The molecule has 2 aromatic rings. The molecule has 0 amide bonds. The third-order valence-corrected chi connectivity index (χ3v) is 5.24. The van der Waals surface area contributed by atoms with E-state index in [1.54, 1.807) is 0 Å². The van der Waals surface area contributed by atoms with Gasteiger partial charge in [0.2, 0.25) is 0 Å². The summed E-state index contributed by atoms with van der Waals surface area (Å²) >= 11 is 2.90. The van der Waals surface area contributed by atoms with Gasteiger partial charge >= 0.3 is 0 Å². The van der Waals surface area contributed by atoms with Crippen LogP contribution < -0.4 is 0 Å². The molecule has 1 aliphatic rings. The minimum atomic E-state index is 0.942. The average Bonchev–Trinajstić information content (AvgIpc) is 2.53. The monoisotopic (exact) mass is 279 g/mol. The van der Waals surface area contributed by atoms with Crippen LogP contribution in [0.25, 0.3) is 10.8 Å². The van der Waals surface area contributed by atoms with Gasteiger partial charge in [-0.15, -0.1) is 5.28 Å². The summed E-state index contributed by atoms with van der Waals surface area (Å²) < 4.78 is 0. The van der Waals surface area contributed by atoms with Crippen molar-refractivity contribution in [3.63, 3.8) is 0 Å². The summed E-state index contributed by atoms with van der Waals surface area (Å²) in [5.41, 5.74) is 1.47. The van der Waals surface area contributed by atoms with Crippen LogP contribution in [0.15, 0.2) is 42.5 Å². The zero-order valence-electron chi connectivity index (χ0n) is 12.1. The molecule has 0 bridgehead atoms. The molecule has 2 radical (unpaired) electrons. The molecule has 1 nitrogen and oxygen atoms in total. The van der Waals surface area contributed by atoms with E-state index in [2.05, 4.69) is 63.7 Å². The summed E-state index contributed by atoms with van der Waals surface area (Å²) in [6.07, 6.45) is 3.93. The largest absolute Gasteiger partial charge is 0.303 e. The number of fused-ring (bicyclic) bond motifs is 1. The fourth-order valence-electron chi connectivity index (χ4n) is 3.13. The van der Waals surface area contributed by atoms with Crippen LogP contribution in [-0.2, 0) is 6.42 Å². The minimum Gasteiger partial charge on any atom is -0.303 e. The third-order valence-electron chi connectivity index (χ3n) is 4.57. The Kier molecular flexibility index (Phi) is 4.78. The van der Waals surface area contributed by atoms with Crippen molar-refractivity contribution in [1.29, 1.82) is 0 Å². The highest BCUT2D eigenvalue weighted by Gasteiger charge is 2.16. The summed E-state index contributed by atoms with van der Waals surface area (Å²) in [7, 11) is 0. The van der Waals surface area contributed by atoms with Gasteiger partial charge in [-0.05, 0) is 48.7 Å². The van der Waals surface area contributed by atoms with E-state index in [4.69, 9.17) is 0 Å². The zero-order valence-corrected chi connectivity index (χ0v) is 13.2. The molecule has 2 heteroatoms. The van der Waals surface area contributed by atoms with Gasteiger partial charge in [-0.25, -0.2) is 0 Å². The van der Waals surface area contributed by atoms with Crippen molar-refractivity contribution in [1.82, 2.24) is 4.90 Å². The van der Waals surface area contributed by atoms with E-state index in [0.717, 1.165) is 5.92 Å². The highest BCUT2D eigenvalue weighted by molar-refractivity contribution is 6.08. The van der Waals surface area contributed by atoms with Crippen LogP contribution in [-0.4, -0.2) is 40.8 Å². The topological polar surface area (TPSA) is 3.24 Å². The summed E-state index contributed by atoms with van der Waals surface area (Å²) in [6, 6.07) is 15.5. The molecule has 1 fully saturated rings. The van der Waals surface area contributed by atoms with Gasteiger partial charge in [0.15, 0.2) is 0 Å². The SMILES string of the molecule is [Al][CH2]C1CCN(CCc2ccc3ccccc3c2)CC1. The van der Waals surface area contributed by atoms with Crippen molar-refractivity contribution in [3.8, 4) is 0 Å². The maximum atomic E-state index is 2.90. The van der Waals surface area contributed by atoms with Crippen molar-refractivity contribution in [3.05, 3.63) is 48.0 Å². The molecule has 1 heterocycles. The number of hydrogen-bond donors (Lipinski definition) is 0. The number of hydrogen-bond acceptors (Lipinski definition) is 1. The molecule has 1 saturated heterocycles. The van der Waals surface area contributed by atoms with Gasteiger partial charge in [0, 0.05) is 6.54 Å². The first-order valence-corrected chi connectivity index (χ1v) is 8.57. The van der Waals surface area contributed by atoms with Crippen molar-refractivity contribution in [2.45, 2.75) is 24.5 Å². The Morgan fingerprint density at radius 2 is 1.75 bits per heavy atom. The maximum absolute atomic E-state index is 2.90. The summed E-state index contributed by atoms with van der Waals surface area (Å²) in [6.45, 7) is 3.78. The second kappa shape index (κ2) is 6.77. The van der Waals surface area contributed by atoms with Gasteiger partial charge in [0.05, 0.1) is 0 Å². The minimum absolute atomic E-state index is 0.942. The van der Waals surface area contributed by atoms with Crippen molar-refractivity contribution >= 4 is 27.1 Å². The second-order valence-electron chi connectivity index (χ2n) is 5.95. The molecule has 3 rings (SSSR count). The molecule has 0 aromatic heterocycles. The highest BCUT2D eigenvalue weighted by atomic mass is 27.0. The van der Waals surface area contributed by atoms with E-state index in [0.29, 0.717) is 0 Å². The number of rotatable bonds is 4. The molecule has 1 aliphatic heterocycles. The summed E-state index contributed by atoms with van der Waals surface area (Å²) in [5.74, 6) is 0.942. The van der Waals surface area contributed by atoms with Crippen LogP contribution in [0, 0.1) is 5.92 Å². The smallest absolute Gasteiger partial charge is 0.118 e. The quantitative estimate of drug-likeness (QED) is 0.772. The first-order chi connectivity index (χ1) is 9.85. The predicted molar refractivity (Wildman–Crippen MR) is 87.4 cm³/mol. The predicted octanol–water partition coefficient (Wildman–Crippen LogP) is 3.68. The lowest BCUT2D eigenvalue weighted by Gasteiger charge is -2.31. The van der Waals surface area contributed by atoms with E-state index in [1.165, 1.54) is 60.5 Å². The van der Waals surface area contributed by atoms with Crippen LogP contribution in [0.4, 0.5) is 0 Å². The lowest BCUT2D eigenvalue weighted by molar-refractivity contribution is 0.195. The van der Waals surface area contributed by atoms with Crippen LogP contribution in [0.1, 0.15) is 18.4 Å². The number of likely N-dealkylation sites (tertiary alicyclic amines) is 1. The van der Waals surface area contributed by atoms with Gasteiger partial charge in [-0.1, -0.05) is 48.4 Å². The van der Waals surface area contributed by atoms with Crippen molar-refractivity contribution in [2.75, 3.05) is 19.6 Å². The Hall–Kier alpha value is -0.808. The fraction of sp³-hybridized carbons (Fsp3) is 0.444. The van der Waals surface area contributed by atoms with Crippen LogP contribution in [0.2, 0.25) is 5.28 Å². The molecule has 0 aliphatic carbocycles. The number of nitrogens with zero attached hydrogens (tertiary/aromatic N) is 1. The number of piperidine rings is 1. The lowest BCUT2D eigenvalue weighted by Crippen LogP contribution is -2.35. The first-order valence-electron chi connectivity index (χ1n) is 7.75. The van der Waals surface area contributed by atoms with E-state index >= 15 is 0 Å². The van der Waals surface area contributed by atoms with Gasteiger partial charge in [0.1, 0.15) is 16.3 Å². The van der Waals surface area contributed by atoms with Gasteiger partial charge < -0.3 is 4.90 Å². The Bertz CT molecular complexity index is 558. The van der Waals surface area contributed by atoms with E-state index < -0.39 is 0 Å². The Balaban J connectivity index is 1.57. The Morgan fingerprint density at radius 1 is 1.00 bits per heavy atom. The lowest BCUT2D eigenvalue weighted by atomic mass is 9.98. The van der Waals surface area contributed by atoms with Crippen molar-refractivity contribution < 1.29 is 0 Å². The Morgan fingerprint density at radius 3 is 2.50 bits per heavy atom. The van der Waals surface area contributed by atoms with Gasteiger partial charge in [-0.3, -0.25) is 0 Å².